The van der Waals surface area contributed by atoms with Gasteiger partial charge in [-0.15, -0.1) is 0 Å². The molecule has 0 N–H and O–H groups in total. The number of furan rings is 2. The number of rotatable bonds is 5. The van der Waals surface area contributed by atoms with Crippen LogP contribution in [0.4, 0.5) is 17.1 Å². The van der Waals surface area contributed by atoms with Crippen LogP contribution in [0.15, 0.2) is 197 Å². The molecule has 0 fully saturated rings. The zero-order valence-electron chi connectivity index (χ0n) is 28.7. The Labute approximate surface area is 305 Å². The summed E-state index contributed by atoms with van der Waals surface area (Å²) in [5.74, 6) is 0. The maximum atomic E-state index is 6.83. The number of hydrogen-bond donors (Lipinski definition) is 0. The highest BCUT2D eigenvalue weighted by molar-refractivity contribution is 6.17. The van der Waals surface area contributed by atoms with Crippen molar-refractivity contribution in [1.82, 2.24) is 0 Å². The highest BCUT2D eigenvalue weighted by atomic mass is 16.3. The second kappa shape index (κ2) is 11.7. The zero-order chi connectivity index (χ0) is 34.9. The van der Waals surface area contributed by atoms with Gasteiger partial charge in [-0.1, -0.05) is 140 Å². The number of benzene rings is 9. The molecular weight excluding hydrogens is 647 g/mol. The van der Waals surface area contributed by atoms with E-state index in [0.717, 1.165) is 77.5 Å². The molecule has 0 saturated heterocycles. The molecule has 2 heterocycles. The number of fused-ring (bicyclic) bond motifs is 9. The summed E-state index contributed by atoms with van der Waals surface area (Å²) < 4.78 is 13.5. The third-order valence-corrected chi connectivity index (χ3v) is 10.7. The average Bonchev–Trinajstić information content (AvgIpc) is 3.80. The van der Waals surface area contributed by atoms with E-state index in [1.165, 1.54) is 27.3 Å². The maximum absolute atomic E-state index is 6.83. The third-order valence-electron chi connectivity index (χ3n) is 10.7. The van der Waals surface area contributed by atoms with Crippen LogP contribution in [0.5, 0.6) is 0 Å². The van der Waals surface area contributed by atoms with E-state index in [1.807, 2.05) is 0 Å². The van der Waals surface area contributed by atoms with Crippen LogP contribution >= 0.6 is 0 Å². The van der Waals surface area contributed by atoms with Gasteiger partial charge in [0, 0.05) is 38.7 Å². The quantitative estimate of drug-likeness (QED) is 0.182. The van der Waals surface area contributed by atoms with E-state index in [-0.39, 0.29) is 0 Å². The van der Waals surface area contributed by atoms with E-state index in [2.05, 4.69) is 193 Å². The molecule has 0 saturated carbocycles. The van der Waals surface area contributed by atoms with E-state index in [1.54, 1.807) is 0 Å². The molecule has 11 aromatic rings. The minimum atomic E-state index is 0.833. The number of anilines is 3. The van der Waals surface area contributed by atoms with Gasteiger partial charge in [-0.05, 0) is 80.9 Å². The van der Waals surface area contributed by atoms with Gasteiger partial charge in [0.15, 0.2) is 5.58 Å². The zero-order valence-corrected chi connectivity index (χ0v) is 28.7. The summed E-state index contributed by atoms with van der Waals surface area (Å²) in [5, 5.41) is 9.15. The average molecular weight is 678 g/mol. The first-order valence-electron chi connectivity index (χ1n) is 18.0. The SMILES string of the molecule is c1ccc(-c2cccc3oc4c(N(c5ccc(-c6cccc7ccccc67)cc5)c5ccc6c(c5)oc5c7ccccc7ccc65)cccc4c23)cc1. The fourth-order valence-corrected chi connectivity index (χ4v) is 8.19. The molecule has 53 heavy (non-hydrogen) atoms. The lowest BCUT2D eigenvalue weighted by molar-refractivity contribution is 0.668. The number of hydrogen-bond acceptors (Lipinski definition) is 3. The van der Waals surface area contributed by atoms with Gasteiger partial charge in [-0.2, -0.15) is 0 Å². The summed E-state index contributed by atoms with van der Waals surface area (Å²) in [6.07, 6.45) is 0. The Hall–Kier alpha value is -7.10. The molecule has 248 valence electrons. The van der Waals surface area contributed by atoms with E-state index in [9.17, 15) is 0 Å². The second-order valence-electron chi connectivity index (χ2n) is 13.7. The summed E-state index contributed by atoms with van der Waals surface area (Å²) in [6.45, 7) is 0. The van der Waals surface area contributed by atoms with Crippen LogP contribution in [-0.4, -0.2) is 0 Å². The molecule has 0 aliphatic heterocycles. The summed E-state index contributed by atoms with van der Waals surface area (Å²) in [7, 11) is 0. The summed E-state index contributed by atoms with van der Waals surface area (Å²) in [5.41, 5.74) is 11.1. The standard InChI is InChI=1S/C50H31NO2/c1-2-11-33(12-3-1)40-19-10-22-46-48(40)44-20-9-21-45(50(44)52-46)51(36-26-23-35(24-27-36)39-18-8-15-32-13-4-6-16-38(32)39)37-28-30-42-43-29-25-34-14-5-7-17-41(34)49(43)53-47(42)31-37/h1-31H. The molecule has 3 nitrogen and oxygen atoms in total. The van der Waals surface area contributed by atoms with Crippen molar-refractivity contribution in [3.8, 4) is 22.3 Å². The highest BCUT2D eigenvalue weighted by Crippen LogP contribution is 2.46. The van der Waals surface area contributed by atoms with Crippen LogP contribution in [0, 0.1) is 0 Å². The fourth-order valence-electron chi connectivity index (χ4n) is 8.19. The monoisotopic (exact) mass is 677 g/mol. The molecule has 3 heteroatoms. The van der Waals surface area contributed by atoms with Crippen molar-refractivity contribution in [2.24, 2.45) is 0 Å². The van der Waals surface area contributed by atoms with Crippen molar-refractivity contribution in [3.05, 3.63) is 188 Å². The molecule has 11 rings (SSSR count). The van der Waals surface area contributed by atoms with E-state index >= 15 is 0 Å². The lowest BCUT2D eigenvalue weighted by Crippen LogP contribution is -2.10. The van der Waals surface area contributed by atoms with Gasteiger partial charge in [-0.3, -0.25) is 0 Å². The van der Waals surface area contributed by atoms with Gasteiger partial charge in [0.05, 0.1) is 11.4 Å². The minimum Gasteiger partial charge on any atom is -0.455 e. The molecular formula is C50H31NO2. The molecule has 0 spiro atoms. The van der Waals surface area contributed by atoms with Gasteiger partial charge in [0.25, 0.3) is 0 Å². The van der Waals surface area contributed by atoms with Crippen LogP contribution in [0.25, 0.3) is 87.7 Å². The predicted molar refractivity (Wildman–Crippen MR) is 222 cm³/mol. The van der Waals surface area contributed by atoms with Crippen LogP contribution in [0.2, 0.25) is 0 Å². The molecule has 2 aromatic heterocycles. The molecule has 0 atom stereocenters. The third kappa shape index (κ3) is 4.68. The second-order valence-corrected chi connectivity index (χ2v) is 13.7. The molecule has 0 aliphatic carbocycles. The van der Waals surface area contributed by atoms with Gasteiger partial charge in [0.2, 0.25) is 0 Å². The Bertz CT molecular complexity index is 3160. The van der Waals surface area contributed by atoms with Crippen LogP contribution in [-0.2, 0) is 0 Å². The topological polar surface area (TPSA) is 29.5 Å². The van der Waals surface area contributed by atoms with Crippen LogP contribution in [0.3, 0.4) is 0 Å². The fraction of sp³-hybridized carbons (Fsp3) is 0. The van der Waals surface area contributed by atoms with E-state index in [0.29, 0.717) is 0 Å². The van der Waals surface area contributed by atoms with Gasteiger partial charge in [-0.25, -0.2) is 0 Å². The van der Waals surface area contributed by atoms with E-state index in [4.69, 9.17) is 8.83 Å². The first-order chi connectivity index (χ1) is 26.3. The lowest BCUT2D eigenvalue weighted by Gasteiger charge is -2.25. The van der Waals surface area contributed by atoms with Gasteiger partial charge < -0.3 is 13.7 Å². The Morgan fingerprint density at radius 3 is 1.83 bits per heavy atom. The minimum absolute atomic E-state index is 0.833. The molecule has 0 radical (unpaired) electrons. The lowest BCUT2D eigenvalue weighted by atomic mass is 9.98. The van der Waals surface area contributed by atoms with Crippen molar-refractivity contribution in [2.45, 2.75) is 0 Å². The molecule has 9 aromatic carbocycles. The smallest absolute Gasteiger partial charge is 0.159 e. The van der Waals surface area contributed by atoms with Crippen molar-refractivity contribution in [1.29, 1.82) is 0 Å². The summed E-state index contributed by atoms with van der Waals surface area (Å²) in [6, 6.07) is 66.6. The Balaban J connectivity index is 1.13. The number of nitrogens with zero attached hydrogens (tertiary/aromatic N) is 1. The predicted octanol–water partition coefficient (Wildman–Crippen LogP) is 14.6. The van der Waals surface area contributed by atoms with Crippen LogP contribution < -0.4 is 4.90 Å². The summed E-state index contributed by atoms with van der Waals surface area (Å²) in [4.78, 5) is 2.30. The largest absolute Gasteiger partial charge is 0.455 e. The van der Waals surface area contributed by atoms with Crippen molar-refractivity contribution >= 4 is 82.5 Å². The first kappa shape index (κ1) is 29.6. The first-order valence-corrected chi connectivity index (χ1v) is 18.0. The molecule has 0 unspecified atom stereocenters. The normalized spacial score (nSPS) is 11.8. The van der Waals surface area contributed by atoms with Crippen molar-refractivity contribution < 1.29 is 8.83 Å². The van der Waals surface area contributed by atoms with E-state index < -0.39 is 0 Å². The van der Waals surface area contributed by atoms with Crippen LogP contribution in [0.1, 0.15) is 0 Å². The molecule has 0 amide bonds. The maximum Gasteiger partial charge on any atom is 0.159 e. The molecule has 0 bridgehead atoms. The van der Waals surface area contributed by atoms with Crippen molar-refractivity contribution in [3.63, 3.8) is 0 Å². The van der Waals surface area contributed by atoms with Gasteiger partial charge >= 0.3 is 0 Å². The Kier molecular flexibility index (Phi) is 6.55. The molecule has 0 aliphatic rings. The highest BCUT2D eigenvalue weighted by Gasteiger charge is 2.22. The van der Waals surface area contributed by atoms with Crippen molar-refractivity contribution in [2.75, 3.05) is 4.90 Å². The Morgan fingerprint density at radius 1 is 0.340 bits per heavy atom. The van der Waals surface area contributed by atoms with Gasteiger partial charge in [0.1, 0.15) is 16.7 Å². The summed E-state index contributed by atoms with van der Waals surface area (Å²) >= 11 is 0. The Morgan fingerprint density at radius 2 is 0.962 bits per heavy atom. The number of para-hydroxylation sites is 1.